The van der Waals surface area contributed by atoms with Crippen molar-refractivity contribution >= 4 is 19.0 Å². The van der Waals surface area contributed by atoms with Gasteiger partial charge < -0.3 is 20.1 Å². The van der Waals surface area contributed by atoms with Crippen LogP contribution >= 0.6 is 19.0 Å². The summed E-state index contributed by atoms with van der Waals surface area (Å²) in [5.41, 5.74) is 1.74. The van der Waals surface area contributed by atoms with Crippen molar-refractivity contribution in [2.75, 3.05) is 19.8 Å². The van der Waals surface area contributed by atoms with E-state index in [-0.39, 0.29) is 18.9 Å². The minimum Gasteiger partial charge on any atom is -0.495 e. The van der Waals surface area contributed by atoms with Crippen LogP contribution in [0.5, 0.6) is 5.75 Å². The van der Waals surface area contributed by atoms with Gasteiger partial charge in [0.25, 0.3) is 0 Å². The van der Waals surface area contributed by atoms with Crippen LogP contribution in [0.25, 0.3) is 0 Å². The molecule has 2 atom stereocenters. The Labute approximate surface area is 153 Å². The van der Waals surface area contributed by atoms with Crippen molar-refractivity contribution in [3.05, 3.63) is 64.7 Å². The average molecular weight is 384 g/mol. The molecule has 0 spiro atoms. The molecule has 136 valence electrons. The van der Waals surface area contributed by atoms with Gasteiger partial charge in [-0.2, -0.15) is 0 Å². The number of methoxy groups -OCH3 is 1. The topological polar surface area (TPSA) is 78.8 Å². The van der Waals surface area contributed by atoms with Gasteiger partial charge in [0, 0.05) is 19.3 Å². The molecule has 3 N–H and O–H groups in total. The standard InChI is InChI=1S/C18H23ClNO4P/c1-24-18-9-15(7-8-17(18)19)10-20-11-16(21)13-25(22,23)12-14-5-3-2-4-6-14/h2-9,16,20-21H,10-13H2,1H3,(H,22,23). The van der Waals surface area contributed by atoms with Gasteiger partial charge in [0.15, 0.2) is 0 Å². The predicted molar refractivity (Wildman–Crippen MR) is 101 cm³/mol. The van der Waals surface area contributed by atoms with E-state index >= 15 is 0 Å². The van der Waals surface area contributed by atoms with Crippen LogP contribution in [0.15, 0.2) is 48.5 Å². The van der Waals surface area contributed by atoms with Crippen molar-refractivity contribution in [2.45, 2.75) is 18.8 Å². The third kappa shape index (κ3) is 6.81. The largest absolute Gasteiger partial charge is 0.495 e. The molecule has 0 amide bonds. The molecule has 2 aromatic rings. The van der Waals surface area contributed by atoms with E-state index in [0.717, 1.165) is 11.1 Å². The van der Waals surface area contributed by atoms with Crippen molar-refractivity contribution in [1.82, 2.24) is 5.32 Å². The second kappa shape index (κ2) is 9.37. The van der Waals surface area contributed by atoms with Crippen molar-refractivity contribution < 1.29 is 19.3 Å². The lowest BCUT2D eigenvalue weighted by Crippen LogP contribution is -2.29. The maximum absolute atomic E-state index is 12.3. The van der Waals surface area contributed by atoms with E-state index in [4.69, 9.17) is 16.3 Å². The smallest absolute Gasteiger partial charge is 0.207 e. The minimum absolute atomic E-state index is 0.0687. The second-order valence-corrected chi connectivity index (χ2v) is 8.71. The molecule has 0 saturated carbocycles. The number of rotatable bonds is 9. The fourth-order valence-electron chi connectivity index (χ4n) is 2.52. The highest BCUT2D eigenvalue weighted by Crippen LogP contribution is 2.44. The van der Waals surface area contributed by atoms with Gasteiger partial charge in [0.2, 0.25) is 7.37 Å². The number of halogens is 1. The molecule has 25 heavy (non-hydrogen) atoms. The van der Waals surface area contributed by atoms with Gasteiger partial charge in [0.1, 0.15) is 5.75 Å². The molecule has 2 rings (SSSR count). The van der Waals surface area contributed by atoms with E-state index in [1.165, 1.54) is 0 Å². The molecule has 0 saturated heterocycles. The van der Waals surface area contributed by atoms with Crippen LogP contribution in [0.3, 0.4) is 0 Å². The molecule has 2 unspecified atom stereocenters. The highest BCUT2D eigenvalue weighted by atomic mass is 35.5. The third-order valence-electron chi connectivity index (χ3n) is 3.69. The van der Waals surface area contributed by atoms with Crippen molar-refractivity contribution in [1.29, 1.82) is 0 Å². The molecule has 0 fully saturated rings. The Morgan fingerprint density at radius 3 is 2.60 bits per heavy atom. The van der Waals surface area contributed by atoms with Gasteiger partial charge in [-0.15, -0.1) is 0 Å². The summed E-state index contributed by atoms with van der Waals surface area (Å²) in [6, 6.07) is 14.5. The van der Waals surface area contributed by atoms with Crippen molar-refractivity contribution in [2.24, 2.45) is 0 Å². The number of ether oxygens (including phenoxy) is 1. The molecular formula is C18H23ClNO4P. The maximum atomic E-state index is 12.3. The van der Waals surface area contributed by atoms with E-state index < -0.39 is 13.5 Å². The van der Waals surface area contributed by atoms with Gasteiger partial charge in [-0.25, -0.2) is 0 Å². The Morgan fingerprint density at radius 2 is 1.92 bits per heavy atom. The predicted octanol–water partition coefficient (Wildman–Crippen LogP) is 3.27. The number of hydrogen-bond donors (Lipinski definition) is 3. The Bertz CT molecular complexity index is 726. The molecule has 0 aliphatic rings. The van der Waals surface area contributed by atoms with Crippen LogP contribution in [-0.4, -0.2) is 35.9 Å². The zero-order valence-electron chi connectivity index (χ0n) is 14.1. The lowest BCUT2D eigenvalue weighted by Gasteiger charge is -2.17. The van der Waals surface area contributed by atoms with E-state index in [1.54, 1.807) is 25.3 Å². The van der Waals surface area contributed by atoms with Gasteiger partial charge in [-0.05, 0) is 23.3 Å². The van der Waals surface area contributed by atoms with Crippen LogP contribution < -0.4 is 10.1 Å². The highest BCUT2D eigenvalue weighted by molar-refractivity contribution is 7.57. The minimum atomic E-state index is -3.43. The highest BCUT2D eigenvalue weighted by Gasteiger charge is 2.23. The average Bonchev–Trinajstić information content (AvgIpc) is 2.56. The summed E-state index contributed by atoms with van der Waals surface area (Å²) < 4.78 is 17.4. The number of hydrogen-bond acceptors (Lipinski definition) is 4. The normalized spacial score (nSPS) is 14.7. The van der Waals surface area contributed by atoms with Crippen LogP contribution in [-0.2, 0) is 17.3 Å². The summed E-state index contributed by atoms with van der Waals surface area (Å²) in [7, 11) is -1.88. The Hall–Kier alpha value is -1.36. The molecule has 0 aromatic heterocycles. The molecule has 7 heteroatoms. The molecule has 0 radical (unpaired) electrons. The van der Waals surface area contributed by atoms with Gasteiger partial charge >= 0.3 is 0 Å². The first-order valence-corrected chi connectivity index (χ1v) is 10.4. The SMILES string of the molecule is COc1cc(CNCC(O)CP(=O)(O)Cc2ccccc2)ccc1Cl. The lowest BCUT2D eigenvalue weighted by molar-refractivity contribution is 0.190. The molecule has 2 aromatic carbocycles. The quantitative estimate of drug-likeness (QED) is 0.579. The number of aliphatic hydroxyl groups is 1. The monoisotopic (exact) mass is 383 g/mol. The lowest BCUT2D eigenvalue weighted by atomic mass is 10.2. The van der Waals surface area contributed by atoms with Gasteiger partial charge in [0.05, 0.1) is 24.4 Å². The second-order valence-electron chi connectivity index (χ2n) is 5.93. The Kier molecular flexibility index (Phi) is 7.48. The maximum Gasteiger partial charge on any atom is 0.207 e. The van der Waals surface area contributed by atoms with E-state index in [9.17, 15) is 14.6 Å². The summed E-state index contributed by atoms with van der Waals surface area (Å²) in [5, 5.41) is 13.7. The molecular weight excluding hydrogens is 361 g/mol. The first-order chi connectivity index (χ1) is 11.9. The fraction of sp³-hybridized carbons (Fsp3) is 0.333. The number of benzene rings is 2. The molecule has 0 heterocycles. The number of aliphatic hydroxyl groups excluding tert-OH is 1. The Morgan fingerprint density at radius 1 is 1.20 bits per heavy atom. The van der Waals surface area contributed by atoms with Crippen molar-refractivity contribution in [3.8, 4) is 5.75 Å². The summed E-state index contributed by atoms with van der Waals surface area (Å²) in [6.07, 6.45) is -0.966. The van der Waals surface area contributed by atoms with Gasteiger partial charge in [-0.1, -0.05) is 48.0 Å². The summed E-state index contributed by atoms with van der Waals surface area (Å²) in [5.74, 6) is 0.587. The summed E-state index contributed by atoms with van der Waals surface area (Å²) in [4.78, 5) is 10.1. The molecule has 0 aliphatic carbocycles. The fourth-order valence-corrected chi connectivity index (χ4v) is 4.42. The van der Waals surface area contributed by atoms with E-state index in [1.807, 2.05) is 30.3 Å². The zero-order chi connectivity index (χ0) is 18.3. The van der Waals surface area contributed by atoms with E-state index in [0.29, 0.717) is 17.3 Å². The zero-order valence-corrected chi connectivity index (χ0v) is 15.7. The number of nitrogens with one attached hydrogen (secondary N) is 1. The first-order valence-electron chi connectivity index (χ1n) is 7.95. The summed E-state index contributed by atoms with van der Waals surface area (Å²) in [6.45, 7) is 0.725. The van der Waals surface area contributed by atoms with Crippen LogP contribution in [0, 0.1) is 0 Å². The Balaban J connectivity index is 1.80. The van der Waals surface area contributed by atoms with Crippen LogP contribution in [0.4, 0.5) is 0 Å². The molecule has 5 nitrogen and oxygen atoms in total. The van der Waals surface area contributed by atoms with Crippen LogP contribution in [0.1, 0.15) is 11.1 Å². The molecule has 0 aliphatic heterocycles. The summed E-state index contributed by atoms with van der Waals surface area (Å²) >= 11 is 5.98. The van der Waals surface area contributed by atoms with Crippen molar-refractivity contribution in [3.63, 3.8) is 0 Å². The van der Waals surface area contributed by atoms with Gasteiger partial charge in [-0.3, -0.25) is 4.57 Å². The van der Waals surface area contributed by atoms with Crippen LogP contribution in [0.2, 0.25) is 5.02 Å². The first kappa shape index (κ1) is 20.0. The third-order valence-corrected chi connectivity index (χ3v) is 5.86. The molecule has 0 bridgehead atoms. The van der Waals surface area contributed by atoms with E-state index in [2.05, 4.69) is 5.32 Å².